The second-order valence-corrected chi connectivity index (χ2v) is 5.65. The topological polar surface area (TPSA) is 42.7 Å². The number of halogens is 1. The Balaban J connectivity index is 1.71. The minimum absolute atomic E-state index is 0.720. The summed E-state index contributed by atoms with van der Waals surface area (Å²) in [5, 5.41) is 11.5. The van der Waals surface area contributed by atoms with Gasteiger partial charge in [-0.2, -0.15) is 0 Å². The van der Waals surface area contributed by atoms with Crippen molar-refractivity contribution in [3.63, 3.8) is 0 Å². The van der Waals surface area contributed by atoms with Crippen molar-refractivity contribution in [3.05, 3.63) is 46.5 Å². The molecule has 1 aromatic heterocycles. The van der Waals surface area contributed by atoms with Gasteiger partial charge in [0.2, 0.25) is 0 Å². The number of nitrogens with one attached hydrogen (secondary N) is 1. The maximum Gasteiger partial charge on any atom is 0.133 e. The van der Waals surface area contributed by atoms with Crippen LogP contribution in [0.2, 0.25) is 0 Å². The number of nitrogens with zero attached hydrogens (tertiary/aromatic N) is 3. The van der Waals surface area contributed by atoms with Crippen LogP contribution in [0.15, 0.2) is 35.1 Å². The molecular weight excluding hydrogens is 292 g/mol. The maximum atomic E-state index is 4.23. The highest BCUT2D eigenvalue weighted by Crippen LogP contribution is 2.14. The van der Waals surface area contributed by atoms with Crippen LogP contribution in [0.4, 0.5) is 0 Å². The van der Waals surface area contributed by atoms with E-state index in [0.29, 0.717) is 0 Å². The summed E-state index contributed by atoms with van der Waals surface area (Å²) in [5.41, 5.74) is 1.27. The predicted octanol–water partition coefficient (Wildman–Crippen LogP) is 1.85. The zero-order valence-electron chi connectivity index (χ0n) is 10.0. The molecule has 2 heterocycles. The molecule has 1 aliphatic rings. The van der Waals surface area contributed by atoms with Crippen molar-refractivity contribution in [1.29, 1.82) is 0 Å². The highest BCUT2D eigenvalue weighted by molar-refractivity contribution is 9.10. The van der Waals surface area contributed by atoms with Gasteiger partial charge in [-0.15, -0.1) is 10.2 Å². The first-order valence-corrected chi connectivity index (χ1v) is 6.92. The van der Waals surface area contributed by atoms with E-state index in [2.05, 4.69) is 60.3 Å². The van der Waals surface area contributed by atoms with E-state index in [9.17, 15) is 0 Å². The van der Waals surface area contributed by atoms with Crippen molar-refractivity contribution < 1.29 is 0 Å². The lowest BCUT2D eigenvalue weighted by molar-refractivity contribution is 0.337. The Morgan fingerprint density at radius 2 is 2.06 bits per heavy atom. The standard InChI is InChI=1S/C13H15BrN4/c14-12-3-1-10(2-4-12)8-18-9-16-17-13(18)5-11-6-15-7-11/h1-4,9,11,15H,5-8H2. The molecule has 0 spiro atoms. The van der Waals surface area contributed by atoms with Crippen LogP contribution in [0, 0.1) is 5.92 Å². The summed E-state index contributed by atoms with van der Waals surface area (Å²) in [5.74, 6) is 1.81. The SMILES string of the molecule is Brc1ccc(Cn2cnnc2CC2CNC2)cc1. The average molecular weight is 307 g/mol. The zero-order chi connectivity index (χ0) is 12.4. The number of hydrogen-bond acceptors (Lipinski definition) is 3. The van der Waals surface area contributed by atoms with E-state index in [0.717, 1.165) is 42.3 Å². The fraction of sp³-hybridized carbons (Fsp3) is 0.385. The van der Waals surface area contributed by atoms with Crippen molar-refractivity contribution in [1.82, 2.24) is 20.1 Å². The Kier molecular flexibility index (Phi) is 3.43. The van der Waals surface area contributed by atoms with Crippen LogP contribution in [0.1, 0.15) is 11.4 Å². The fourth-order valence-electron chi connectivity index (χ4n) is 2.11. The van der Waals surface area contributed by atoms with Gasteiger partial charge in [0.05, 0.1) is 6.54 Å². The monoisotopic (exact) mass is 306 g/mol. The van der Waals surface area contributed by atoms with Gasteiger partial charge >= 0.3 is 0 Å². The molecule has 0 unspecified atom stereocenters. The summed E-state index contributed by atoms with van der Waals surface area (Å²) in [6.45, 7) is 3.05. The van der Waals surface area contributed by atoms with E-state index in [1.165, 1.54) is 5.56 Å². The van der Waals surface area contributed by atoms with E-state index in [4.69, 9.17) is 0 Å². The van der Waals surface area contributed by atoms with Crippen molar-refractivity contribution >= 4 is 15.9 Å². The van der Waals surface area contributed by atoms with Gasteiger partial charge < -0.3 is 9.88 Å². The molecule has 1 aliphatic heterocycles. The summed E-state index contributed by atoms with van der Waals surface area (Å²) in [7, 11) is 0. The number of rotatable bonds is 4. The van der Waals surface area contributed by atoms with Gasteiger partial charge in [0.25, 0.3) is 0 Å². The van der Waals surface area contributed by atoms with Gasteiger partial charge in [-0.05, 0) is 36.7 Å². The number of hydrogen-bond donors (Lipinski definition) is 1. The number of aromatic nitrogens is 3. The smallest absolute Gasteiger partial charge is 0.133 e. The van der Waals surface area contributed by atoms with Crippen LogP contribution in [0.5, 0.6) is 0 Å². The Morgan fingerprint density at radius 3 is 2.72 bits per heavy atom. The van der Waals surface area contributed by atoms with Crippen molar-refractivity contribution in [3.8, 4) is 0 Å². The fourth-order valence-corrected chi connectivity index (χ4v) is 2.37. The van der Waals surface area contributed by atoms with Crippen LogP contribution in [-0.2, 0) is 13.0 Å². The Morgan fingerprint density at radius 1 is 1.28 bits per heavy atom. The summed E-state index contributed by atoms with van der Waals surface area (Å²) in [4.78, 5) is 0. The molecule has 0 saturated carbocycles. The molecule has 18 heavy (non-hydrogen) atoms. The molecular formula is C13H15BrN4. The lowest BCUT2D eigenvalue weighted by Crippen LogP contribution is -2.43. The quantitative estimate of drug-likeness (QED) is 0.937. The molecule has 1 aromatic carbocycles. The van der Waals surface area contributed by atoms with E-state index in [-0.39, 0.29) is 0 Å². The van der Waals surface area contributed by atoms with E-state index < -0.39 is 0 Å². The van der Waals surface area contributed by atoms with Gasteiger partial charge in [0.1, 0.15) is 12.2 Å². The van der Waals surface area contributed by atoms with Gasteiger partial charge in [-0.25, -0.2) is 0 Å². The molecule has 0 aliphatic carbocycles. The van der Waals surface area contributed by atoms with Gasteiger partial charge in [-0.3, -0.25) is 0 Å². The second-order valence-electron chi connectivity index (χ2n) is 4.73. The van der Waals surface area contributed by atoms with Crippen molar-refractivity contribution in [2.24, 2.45) is 5.92 Å². The summed E-state index contributed by atoms with van der Waals surface area (Å²) >= 11 is 3.45. The third-order valence-electron chi connectivity index (χ3n) is 3.30. The lowest BCUT2D eigenvalue weighted by Gasteiger charge is -2.26. The molecule has 1 fully saturated rings. The molecule has 0 bridgehead atoms. The van der Waals surface area contributed by atoms with Crippen LogP contribution >= 0.6 is 15.9 Å². The van der Waals surface area contributed by atoms with Gasteiger partial charge in [0.15, 0.2) is 0 Å². The minimum atomic E-state index is 0.720. The third kappa shape index (κ3) is 2.62. The van der Waals surface area contributed by atoms with Crippen LogP contribution in [-0.4, -0.2) is 27.9 Å². The molecule has 0 radical (unpaired) electrons. The lowest BCUT2D eigenvalue weighted by atomic mass is 9.99. The molecule has 0 atom stereocenters. The highest BCUT2D eigenvalue weighted by atomic mass is 79.9. The summed E-state index contributed by atoms with van der Waals surface area (Å²) in [6.07, 6.45) is 2.84. The number of benzene rings is 1. The second kappa shape index (κ2) is 5.20. The van der Waals surface area contributed by atoms with Crippen molar-refractivity contribution in [2.45, 2.75) is 13.0 Å². The third-order valence-corrected chi connectivity index (χ3v) is 3.83. The Labute approximate surface area is 115 Å². The minimum Gasteiger partial charge on any atom is -0.316 e. The van der Waals surface area contributed by atoms with Crippen LogP contribution in [0.25, 0.3) is 0 Å². The van der Waals surface area contributed by atoms with Gasteiger partial charge in [-0.1, -0.05) is 28.1 Å². The molecule has 3 rings (SSSR count). The Bertz CT molecular complexity index is 516. The molecule has 1 N–H and O–H groups in total. The Hall–Kier alpha value is -1.20. The summed E-state index contributed by atoms with van der Waals surface area (Å²) < 4.78 is 3.25. The normalized spacial score (nSPS) is 15.6. The predicted molar refractivity (Wildman–Crippen MR) is 73.3 cm³/mol. The summed E-state index contributed by atoms with van der Waals surface area (Å²) in [6, 6.07) is 8.38. The zero-order valence-corrected chi connectivity index (χ0v) is 11.6. The molecule has 2 aromatic rings. The first-order chi connectivity index (χ1) is 8.81. The average Bonchev–Trinajstić information content (AvgIpc) is 2.74. The van der Waals surface area contributed by atoms with E-state index in [1.807, 2.05) is 6.33 Å². The molecule has 0 amide bonds. The molecule has 4 nitrogen and oxygen atoms in total. The van der Waals surface area contributed by atoms with Crippen LogP contribution in [0.3, 0.4) is 0 Å². The first-order valence-electron chi connectivity index (χ1n) is 6.13. The maximum absolute atomic E-state index is 4.23. The molecule has 1 saturated heterocycles. The van der Waals surface area contributed by atoms with Gasteiger partial charge in [0, 0.05) is 10.9 Å². The van der Waals surface area contributed by atoms with E-state index in [1.54, 1.807) is 0 Å². The van der Waals surface area contributed by atoms with E-state index >= 15 is 0 Å². The molecule has 5 heteroatoms. The van der Waals surface area contributed by atoms with Crippen LogP contribution < -0.4 is 5.32 Å². The molecule has 94 valence electrons. The highest BCUT2D eigenvalue weighted by Gasteiger charge is 2.19. The largest absolute Gasteiger partial charge is 0.316 e. The first kappa shape index (κ1) is 11.9. The van der Waals surface area contributed by atoms with Crippen molar-refractivity contribution in [2.75, 3.05) is 13.1 Å².